The molecule has 0 saturated carbocycles. The monoisotopic (exact) mass is 311 g/mol. The minimum Gasteiger partial charge on any atom is -0.496 e. The number of aromatic nitrogens is 1. The molecule has 0 aliphatic heterocycles. The molecule has 0 radical (unpaired) electrons. The summed E-state index contributed by atoms with van der Waals surface area (Å²) in [5, 5.41) is 0. The summed E-state index contributed by atoms with van der Waals surface area (Å²) in [6, 6.07) is 3.86. The third-order valence-electron chi connectivity index (χ3n) is 3.93. The van der Waals surface area contributed by atoms with E-state index in [-0.39, 0.29) is 5.56 Å². The van der Waals surface area contributed by atoms with E-state index in [1.165, 1.54) is 4.57 Å². The number of benzene rings is 1. The Labute approximate surface area is 136 Å². The van der Waals surface area contributed by atoms with Crippen LogP contribution in [0.15, 0.2) is 36.3 Å². The van der Waals surface area contributed by atoms with E-state index in [1.807, 2.05) is 19.1 Å². The van der Waals surface area contributed by atoms with Crippen molar-refractivity contribution < 1.29 is 9.47 Å². The first kappa shape index (κ1) is 16.6. The molecule has 1 heterocycles. The molecule has 0 unspecified atom stereocenters. The highest BCUT2D eigenvalue weighted by Crippen LogP contribution is 2.36. The first-order valence-corrected chi connectivity index (χ1v) is 7.20. The van der Waals surface area contributed by atoms with Crippen molar-refractivity contribution in [1.82, 2.24) is 4.57 Å². The maximum absolute atomic E-state index is 12.3. The number of pyridine rings is 1. The zero-order chi connectivity index (χ0) is 17.1. The van der Waals surface area contributed by atoms with Gasteiger partial charge in [0.1, 0.15) is 11.5 Å². The van der Waals surface area contributed by atoms with E-state index in [0.29, 0.717) is 5.56 Å². The minimum atomic E-state index is -0.107. The number of hydrogen-bond acceptors (Lipinski definition) is 3. The van der Waals surface area contributed by atoms with Crippen LogP contribution in [0.3, 0.4) is 0 Å². The van der Waals surface area contributed by atoms with Crippen molar-refractivity contribution >= 4 is 12.2 Å². The van der Waals surface area contributed by atoms with Gasteiger partial charge in [-0.25, -0.2) is 0 Å². The molecule has 1 aromatic heterocycles. The number of rotatable bonds is 5. The standard InChI is InChI=1S/C19H21NO3/c1-7-14-15(8-2)19(21)20(4)11-16(14)13-9-17(22-5)12(3)18(10-13)23-6/h7-11H,1-2H2,3-6H3. The smallest absolute Gasteiger partial charge is 0.258 e. The summed E-state index contributed by atoms with van der Waals surface area (Å²) in [6.45, 7) is 9.52. The summed E-state index contributed by atoms with van der Waals surface area (Å²) < 4.78 is 12.4. The van der Waals surface area contributed by atoms with Crippen LogP contribution in [0.2, 0.25) is 0 Å². The Hall–Kier alpha value is -2.75. The van der Waals surface area contributed by atoms with E-state index in [2.05, 4.69) is 13.2 Å². The van der Waals surface area contributed by atoms with Gasteiger partial charge in [0, 0.05) is 29.9 Å². The normalized spacial score (nSPS) is 10.3. The molecule has 2 rings (SSSR count). The van der Waals surface area contributed by atoms with Crippen molar-refractivity contribution in [2.75, 3.05) is 14.2 Å². The second-order valence-electron chi connectivity index (χ2n) is 5.20. The molecule has 0 saturated heterocycles. The molecule has 0 bridgehead atoms. The van der Waals surface area contributed by atoms with Gasteiger partial charge in [-0.15, -0.1) is 0 Å². The van der Waals surface area contributed by atoms with Gasteiger partial charge < -0.3 is 14.0 Å². The second-order valence-corrected chi connectivity index (χ2v) is 5.20. The molecule has 0 aliphatic carbocycles. The molecule has 0 fully saturated rings. The minimum absolute atomic E-state index is 0.107. The Balaban J connectivity index is 2.86. The van der Waals surface area contributed by atoms with E-state index >= 15 is 0 Å². The lowest BCUT2D eigenvalue weighted by Crippen LogP contribution is -2.20. The van der Waals surface area contributed by atoms with Gasteiger partial charge in [0.25, 0.3) is 5.56 Å². The fourth-order valence-corrected chi connectivity index (χ4v) is 2.66. The van der Waals surface area contributed by atoms with E-state index in [1.54, 1.807) is 39.6 Å². The van der Waals surface area contributed by atoms with E-state index in [4.69, 9.17) is 9.47 Å². The maximum Gasteiger partial charge on any atom is 0.258 e. The van der Waals surface area contributed by atoms with Crippen molar-refractivity contribution in [1.29, 1.82) is 0 Å². The van der Waals surface area contributed by atoms with Crippen LogP contribution in [-0.2, 0) is 7.05 Å². The molecular formula is C19H21NO3. The van der Waals surface area contributed by atoms with E-state index in [0.717, 1.165) is 33.8 Å². The zero-order valence-corrected chi connectivity index (χ0v) is 14.0. The second kappa shape index (κ2) is 6.57. The van der Waals surface area contributed by atoms with Gasteiger partial charge in [-0.3, -0.25) is 4.79 Å². The summed E-state index contributed by atoms with van der Waals surface area (Å²) in [5.74, 6) is 1.45. The lowest BCUT2D eigenvalue weighted by Gasteiger charge is -2.16. The predicted octanol–water partition coefficient (Wildman–Crippen LogP) is 3.66. The first-order valence-electron chi connectivity index (χ1n) is 7.20. The highest BCUT2D eigenvalue weighted by molar-refractivity contribution is 5.81. The number of hydrogen-bond donors (Lipinski definition) is 0. The van der Waals surface area contributed by atoms with Gasteiger partial charge in [-0.1, -0.05) is 25.3 Å². The lowest BCUT2D eigenvalue weighted by atomic mass is 9.96. The van der Waals surface area contributed by atoms with Crippen LogP contribution < -0.4 is 15.0 Å². The summed E-state index contributed by atoms with van der Waals surface area (Å²) in [6.07, 6.45) is 5.02. The molecule has 0 spiro atoms. The van der Waals surface area contributed by atoms with Crippen molar-refractivity contribution in [3.63, 3.8) is 0 Å². The number of ether oxygens (including phenoxy) is 2. The average Bonchev–Trinajstić information content (AvgIpc) is 2.56. The molecule has 2 aromatic rings. The van der Waals surface area contributed by atoms with Crippen LogP contribution in [0.25, 0.3) is 23.3 Å². The van der Waals surface area contributed by atoms with Crippen LogP contribution in [0.1, 0.15) is 16.7 Å². The fraction of sp³-hybridized carbons (Fsp3) is 0.211. The highest BCUT2D eigenvalue weighted by Gasteiger charge is 2.15. The SMILES string of the molecule is C=Cc1c(-c2cc(OC)c(C)c(OC)c2)cn(C)c(=O)c1C=C. The molecule has 120 valence electrons. The number of aryl methyl sites for hydroxylation is 1. The van der Waals surface area contributed by atoms with Crippen LogP contribution in [0.5, 0.6) is 11.5 Å². The topological polar surface area (TPSA) is 40.5 Å². The molecule has 0 atom stereocenters. The average molecular weight is 311 g/mol. The van der Waals surface area contributed by atoms with Crippen LogP contribution in [-0.4, -0.2) is 18.8 Å². The van der Waals surface area contributed by atoms with Crippen molar-refractivity contribution in [2.24, 2.45) is 7.05 Å². The Morgan fingerprint density at radius 1 is 1.04 bits per heavy atom. The third kappa shape index (κ3) is 2.80. The molecular weight excluding hydrogens is 290 g/mol. The molecule has 4 heteroatoms. The van der Waals surface area contributed by atoms with Gasteiger partial charge in [-0.05, 0) is 30.2 Å². The van der Waals surface area contributed by atoms with Gasteiger partial charge in [0.2, 0.25) is 0 Å². The highest BCUT2D eigenvalue weighted by atomic mass is 16.5. The fourth-order valence-electron chi connectivity index (χ4n) is 2.66. The maximum atomic E-state index is 12.3. The van der Waals surface area contributed by atoms with Gasteiger partial charge in [0.15, 0.2) is 0 Å². The predicted molar refractivity (Wildman–Crippen MR) is 95.1 cm³/mol. The number of methoxy groups -OCH3 is 2. The van der Waals surface area contributed by atoms with Crippen LogP contribution in [0, 0.1) is 6.92 Å². The summed E-state index contributed by atoms with van der Waals surface area (Å²) >= 11 is 0. The molecule has 4 nitrogen and oxygen atoms in total. The molecule has 0 aliphatic rings. The van der Waals surface area contributed by atoms with Crippen molar-refractivity contribution in [3.8, 4) is 22.6 Å². The van der Waals surface area contributed by atoms with E-state index < -0.39 is 0 Å². The largest absolute Gasteiger partial charge is 0.496 e. The first-order chi connectivity index (χ1) is 11.0. The Morgan fingerprint density at radius 3 is 2.00 bits per heavy atom. The molecule has 1 aromatic carbocycles. The van der Waals surface area contributed by atoms with Crippen molar-refractivity contribution in [3.05, 3.63) is 58.5 Å². The Bertz CT molecular complexity index is 806. The van der Waals surface area contributed by atoms with Gasteiger partial charge >= 0.3 is 0 Å². The Kier molecular flexibility index (Phi) is 4.74. The summed E-state index contributed by atoms with van der Waals surface area (Å²) in [5.41, 5.74) is 3.85. The zero-order valence-electron chi connectivity index (χ0n) is 14.0. The van der Waals surface area contributed by atoms with Gasteiger partial charge in [-0.2, -0.15) is 0 Å². The van der Waals surface area contributed by atoms with Crippen LogP contribution >= 0.6 is 0 Å². The van der Waals surface area contributed by atoms with E-state index in [9.17, 15) is 4.79 Å². The lowest BCUT2D eigenvalue weighted by molar-refractivity contribution is 0.389. The number of nitrogens with zero attached hydrogens (tertiary/aromatic N) is 1. The molecule has 23 heavy (non-hydrogen) atoms. The quantitative estimate of drug-likeness (QED) is 0.846. The Morgan fingerprint density at radius 2 is 1.57 bits per heavy atom. The summed E-state index contributed by atoms with van der Waals surface area (Å²) in [7, 11) is 4.96. The van der Waals surface area contributed by atoms with Gasteiger partial charge in [0.05, 0.1) is 14.2 Å². The van der Waals surface area contributed by atoms with Crippen LogP contribution in [0.4, 0.5) is 0 Å². The molecule has 0 N–H and O–H groups in total. The summed E-state index contributed by atoms with van der Waals surface area (Å²) in [4.78, 5) is 12.3. The molecule has 0 amide bonds. The third-order valence-corrected chi connectivity index (χ3v) is 3.93. The van der Waals surface area contributed by atoms with Crippen molar-refractivity contribution in [2.45, 2.75) is 6.92 Å².